The van der Waals surface area contributed by atoms with Gasteiger partial charge in [0.2, 0.25) is 0 Å². The van der Waals surface area contributed by atoms with Gasteiger partial charge in [-0.25, -0.2) is 9.78 Å². The van der Waals surface area contributed by atoms with Gasteiger partial charge in [0, 0.05) is 18.5 Å². The number of aromatic carboxylic acids is 1. The van der Waals surface area contributed by atoms with E-state index in [1.807, 2.05) is 31.2 Å². The molecule has 1 unspecified atom stereocenters. The Bertz CT molecular complexity index is 640. The van der Waals surface area contributed by atoms with Crippen LogP contribution in [0.4, 0.5) is 5.82 Å². The fourth-order valence-electron chi connectivity index (χ4n) is 2.37. The minimum absolute atomic E-state index is 0.277. The summed E-state index contributed by atoms with van der Waals surface area (Å²) in [5.74, 6) is 0.148. The Morgan fingerprint density at radius 1 is 1.33 bits per heavy atom. The third-order valence-corrected chi connectivity index (χ3v) is 3.84. The van der Waals surface area contributed by atoms with Gasteiger partial charge in [0.15, 0.2) is 0 Å². The van der Waals surface area contributed by atoms with Crippen LogP contribution in [0.15, 0.2) is 30.3 Å². The zero-order valence-corrected chi connectivity index (χ0v) is 12.8. The number of hydrogen-bond donors (Lipinski definition) is 1. The standard InChI is InChI=1S/C17H22N2O2/c1-4-12(3)11-19(5-2)16-14(17(20)21)10-13-8-6-7-9-15(13)18-16/h6-10,12H,4-5,11H2,1-3H3,(H,20,21). The van der Waals surface area contributed by atoms with Crippen molar-refractivity contribution in [1.82, 2.24) is 4.98 Å². The number of nitrogens with zero attached hydrogens (tertiary/aromatic N) is 2. The van der Waals surface area contributed by atoms with Crippen molar-refractivity contribution in [3.05, 3.63) is 35.9 Å². The molecular formula is C17H22N2O2. The predicted octanol–water partition coefficient (Wildman–Crippen LogP) is 3.81. The van der Waals surface area contributed by atoms with Crippen LogP contribution < -0.4 is 4.90 Å². The van der Waals surface area contributed by atoms with Crippen molar-refractivity contribution in [1.29, 1.82) is 0 Å². The highest BCUT2D eigenvalue weighted by atomic mass is 16.4. The van der Waals surface area contributed by atoms with Crippen LogP contribution in [-0.2, 0) is 0 Å². The van der Waals surface area contributed by atoms with Crippen LogP contribution >= 0.6 is 0 Å². The van der Waals surface area contributed by atoms with Gasteiger partial charge in [-0.15, -0.1) is 0 Å². The van der Waals surface area contributed by atoms with E-state index in [9.17, 15) is 9.90 Å². The first-order valence-electron chi connectivity index (χ1n) is 7.44. The smallest absolute Gasteiger partial charge is 0.339 e. The predicted molar refractivity (Wildman–Crippen MR) is 86.0 cm³/mol. The quantitative estimate of drug-likeness (QED) is 0.877. The molecular weight excluding hydrogens is 264 g/mol. The van der Waals surface area contributed by atoms with Crippen LogP contribution in [0.3, 0.4) is 0 Å². The summed E-state index contributed by atoms with van der Waals surface area (Å²) in [6.45, 7) is 7.91. The molecule has 1 aromatic heterocycles. The van der Waals surface area contributed by atoms with Crippen LogP contribution in [-0.4, -0.2) is 29.1 Å². The number of carboxylic acids is 1. The zero-order chi connectivity index (χ0) is 15.4. The minimum Gasteiger partial charge on any atom is -0.478 e. The number of fused-ring (bicyclic) bond motifs is 1. The summed E-state index contributed by atoms with van der Waals surface area (Å²) >= 11 is 0. The molecule has 0 bridgehead atoms. The maximum Gasteiger partial charge on any atom is 0.339 e. The number of pyridine rings is 1. The lowest BCUT2D eigenvalue weighted by atomic mass is 10.1. The van der Waals surface area contributed by atoms with Gasteiger partial charge < -0.3 is 10.0 Å². The van der Waals surface area contributed by atoms with Crippen molar-refractivity contribution in [2.24, 2.45) is 5.92 Å². The van der Waals surface area contributed by atoms with Gasteiger partial charge in [-0.2, -0.15) is 0 Å². The Balaban J connectivity index is 2.53. The van der Waals surface area contributed by atoms with Gasteiger partial charge in [0.1, 0.15) is 11.4 Å². The van der Waals surface area contributed by atoms with Crippen molar-refractivity contribution in [2.75, 3.05) is 18.0 Å². The Kier molecular flexibility index (Phi) is 4.78. The van der Waals surface area contributed by atoms with Crippen LogP contribution in [0.25, 0.3) is 10.9 Å². The highest BCUT2D eigenvalue weighted by Gasteiger charge is 2.19. The molecule has 0 radical (unpaired) electrons. The SMILES string of the molecule is CCC(C)CN(CC)c1nc2ccccc2cc1C(=O)O. The summed E-state index contributed by atoms with van der Waals surface area (Å²) in [5, 5.41) is 10.4. The van der Waals surface area contributed by atoms with Crippen LogP contribution in [0.5, 0.6) is 0 Å². The Morgan fingerprint density at radius 2 is 2.05 bits per heavy atom. The highest BCUT2D eigenvalue weighted by molar-refractivity contribution is 5.98. The van der Waals surface area contributed by atoms with Crippen molar-refractivity contribution < 1.29 is 9.90 Å². The van der Waals surface area contributed by atoms with Crippen molar-refractivity contribution in [3.63, 3.8) is 0 Å². The second-order valence-corrected chi connectivity index (χ2v) is 5.41. The van der Waals surface area contributed by atoms with Gasteiger partial charge in [0.25, 0.3) is 0 Å². The molecule has 0 spiro atoms. The van der Waals surface area contributed by atoms with Crippen molar-refractivity contribution in [2.45, 2.75) is 27.2 Å². The van der Waals surface area contributed by atoms with E-state index < -0.39 is 5.97 Å². The van der Waals surface area contributed by atoms with Crippen LogP contribution in [0.2, 0.25) is 0 Å². The summed E-state index contributed by atoms with van der Waals surface area (Å²) in [6.07, 6.45) is 1.06. The number of para-hydroxylation sites is 1. The second kappa shape index (κ2) is 6.57. The molecule has 1 atom stereocenters. The molecule has 1 N–H and O–H groups in total. The first-order chi connectivity index (χ1) is 10.1. The van der Waals surface area contributed by atoms with E-state index in [4.69, 9.17) is 0 Å². The Labute approximate surface area is 125 Å². The molecule has 0 saturated carbocycles. The number of anilines is 1. The molecule has 2 aromatic rings. The molecule has 0 aliphatic rings. The minimum atomic E-state index is -0.925. The molecule has 1 heterocycles. The van der Waals surface area contributed by atoms with E-state index in [0.29, 0.717) is 11.7 Å². The molecule has 4 heteroatoms. The number of aromatic nitrogens is 1. The second-order valence-electron chi connectivity index (χ2n) is 5.41. The lowest BCUT2D eigenvalue weighted by molar-refractivity contribution is 0.0697. The number of rotatable bonds is 6. The first kappa shape index (κ1) is 15.3. The maximum absolute atomic E-state index is 11.6. The molecule has 0 amide bonds. The van der Waals surface area contributed by atoms with Crippen LogP contribution in [0.1, 0.15) is 37.6 Å². The van der Waals surface area contributed by atoms with E-state index >= 15 is 0 Å². The topological polar surface area (TPSA) is 53.4 Å². The summed E-state index contributed by atoms with van der Waals surface area (Å²) in [5.41, 5.74) is 1.11. The lowest BCUT2D eigenvalue weighted by Crippen LogP contribution is -2.30. The largest absolute Gasteiger partial charge is 0.478 e. The van der Waals surface area contributed by atoms with E-state index in [0.717, 1.165) is 30.4 Å². The fraction of sp³-hybridized carbons (Fsp3) is 0.412. The van der Waals surface area contributed by atoms with E-state index in [1.54, 1.807) is 6.07 Å². The van der Waals surface area contributed by atoms with E-state index in [2.05, 4.69) is 23.7 Å². The summed E-state index contributed by atoms with van der Waals surface area (Å²) in [4.78, 5) is 18.2. The molecule has 21 heavy (non-hydrogen) atoms. The maximum atomic E-state index is 11.6. The van der Waals surface area contributed by atoms with E-state index in [-0.39, 0.29) is 5.56 Å². The molecule has 0 saturated heterocycles. The first-order valence-corrected chi connectivity index (χ1v) is 7.44. The molecule has 0 fully saturated rings. The fourth-order valence-corrected chi connectivity index (χ4v) is 2.37. The Hall–Kier alpha value is -2.10. The van der Waals surface area contributed by atoms with E-state index in [1.165, 1.54) is 0 Å². The normalized spacial score (nSPS) is 12.3. The monoisotopic (exact) mass is 286 g/mol. The Morgan fingerprint density at radius 3 is 2.67 bits per heavy atom. The number of hydrogen-bond acceptors (Lipinski definition) is 3. The average molecular weight is 286 g/mol. The number of benzene rings is 1. The number of carbonyl (C=O) groups is 1. The molecule has 2 rings (SSSR count). The third kappa shape index (κ3) is 3.32. The van der Waals surface area contributed by atoms with Crippen molar-refractivity contribution >= 4 is 22.7 Å². The van der Waals surface area contributed by atoms with Gasteiger partial charge in [-0.3, -0.25) is 0 Å². The third-order valence-electron chi connectivity index (χ3n) is 3.84. The molecule has 4 nitrogen and oxygen atoms in total. The summed E-state index contributed by atoms with van der Waals surface area (Å²) in [6, 6.07) is 9.35. The summed E-state index contributed by atoms with van der Waals surface area (Å²) < 4.78 is 0. The average Bonchev–Trinajstić information content (AvgIpc) is 2.50. The zero-order valence-electron chi connectivity index (χ0n) is 12.8. The molecule has 0 aliphatic heterocycles. The van der Waals surface area contributed by atoms with Crippen molar-refractivity contribution in [3.8, 4) is 0 Å². The highest BCUT2D eigenvalue weighted by Crippen LogP contribution is 2.24. The molecule has 1 aromatic carbocycles. The number of carboxylic acid groups (broad SMARTS) is 1. The molecule has 0 aliphatic carbocycles. The lowest BCUT2D eigenvalue weighted by Gasteiger charge is -2.26. The van der Waals surface area contributed by atoms with Crippen LogP contribution in [0, 0.1) is 5.92 Å². The van der Waals surface area contributed by atoms with Gasteiger partial charge in [-0.1, -0.05) is 38.5 Å². The van der Waals surface area contributed by atoms with Gasteiger partial charge in [0.05, 0.1) is 5.52 Å². The van der Waals surface area contributed by atoms with Gasteiger partial charge in [-0.05, 0) is 25.0 Å². The summed E-state index contributed by atoms with van der Waals surface area (Å²) in [7, 11) is 0. The van der Waals surface area contributed by atoms with Gasteiger partial charge >= 0.3 is 5.97 Å². The molecule has 112 valence electrons.